The van der Waals surface area contributed by atoms with E-state index in [4.69, 9.17) is 5.11 Å². The molecule has 0 aromatic carbocycles. The summed E-state index contributed by atoms with van der Waals surface area (Å²) in [7, 11) is 0. The molecule has 27 heavy (non-hydrogen) atoms. The number of hydrogen-bond acceptors (Lipinski definition) is 4. The molecule has 2 amide bonds. The molecule has 0 spiro atoms. The topological polar surface area (TPSA) is 99.1 Å². The van der Waals surface area contributed by atoms with Gasteiger partial charge in [0.2, 0.25) is 0 Å². The summed E-state index contributed by atoms with van der Waals surface area (Å²) in [5, 5.41) is 11.5. The molecule has 0 radical (unpaired) electrons. The van der Waals surface area contributed by atoms with Gasteiger partial charge in [0.15, 0.2) is 0 Å². The Balaban J connectivity index is 2.83. The van der Waals surface area contributed by atoms with Crippen LogP contribution in [0.3, 0.4) is 0 Å². The van der Waals surface area contributed by atoms with Gasteiger partial charge in [0.25, 0.3) is 0 Å². The van der Waals surface area contributed by atoms with Gasteiger partial charge in [-0.3, -0.25) is 0 Å². The molecule has 0 bridgehead atoms. The second kappa shape index (κ2) is 10.9. The second-order valence-corrected chi connectivity index (χ2v) is 10.0. The number of carbonyl (C=O) groups is 3. The van der Waals surface area contributed by atoms with Crippen LogP contribution in [0, 0.1) is 11.8 Å². The zero-order chi connectivity index (χ0) is 20.7. The van der Waals surface area contributed by atoms with Gasteiger partial charge in [-0.25, -0.2) is 0 Å². The van der Waals surface area contributed by atoms with E-state index in [1.165, 1.54) is 19.4 Å². The molecule has 3 atom stereocenters. The first kappa shape index (κ1) is 23.7. The third kappa shape index (κ3) is 6.97. The molecule has 0 aromatic rings. The molecule has 1 saturated heterocycles. The summed E-state index contributed by atoms with van der Waals surface area (Å²) in [6.45, 7) is 9.15. The number of likely N-dealkylation sites (tertiary alicyclic amines) is 1. The van der Waals surface area contributed by atoms with Crippen molar-refractivity contribution in [1.82, 2.24) is 10.2 Å². The van der Waals surface area contributed by atoms with Gasteiger partial charge in [-0.1, -0.05) is 0 Å². The summed E-state index contributed by atoms with van der Waals surface area (Å²) in [6.07, 6.45) is 5.30. The summed E-state index contributed by atoms with van der Waals surface area (Å²) in [5.74, 6) is -2.29. The van der Waals surface area contributed by atoms with Crippen LogP contribution in [0.5, 0.6) is 0 Å². The molecule has 1 heterocycles. The minimum absolute atomic E-state index is 0.0918. The monoisotopic (exact) mass is 713 g/mol. The summed E-state index contributed by atoms with van der Waals surface area (Å²) in [5.41, 5.74) is 0.954. The Morgan fingerprint density at radius 2 is 2.07 bits per heavy atom. The Hall–Kier alpha value is -1.32. The Morgan fingerprint density at radius 1 is 1.44 bits per heavy atom. The molecule has 9 heteroatoms. The number of amides is 2. The van der Waals surface area contributed by atoms with Crippen LogP contribution < -0.4 is 5.32 Å². The molecule has 1 rings (SSSR count). The number of aliphatic imine (C=N–C) groups is 1. The predicted molar refractivity (Wildman–Crippen MR) is 96.7 cm³/mol. The van der Waals surface area contributed by atoms with Gasteiger partial charge in [-0.2, -0.15) is 0 Å². The van der Waals surface area contributed by atoms with Gasteiger partial charge in [0, 0.05) is 0 Å². The molecule has 2 N–H and O–H groups in total. The summed E-state index contributed by atoms with van der Waals surface area (Å²) >= 11 is 2.45. The molecule has 0 aromatic heterocycles. The first-order valence-corrected chi connectivity index (χ1v) is 11.2. The van der Waals surface area contributed by atoms with Crippen molar-refractivity contribution >= 4 is 32.4 Å². The van der Waals surface area contributed by atoms with Crippen LogP contribution in [0.15, 0.2) is 28.9 Å². The molecule has 3 unspecified atom stereocenters. The van der Waals surface area contributed by atoms with Gasteiger partial charge in [-0.05, 0) is 0 Å². The Morgan fingerprint density at radius 3 is 2.59 bits per heavy atom. The summed E-state index contributed by atoms with van der Waals surface area (Å²) < 4.78 is 1.99. The van der Waals surface area contributed by atoms with E-state index < -0.39 is 23.8 Å². The normalized spacial score (nSPS) is 21.2. The van der Waals surface area contributed by atoms with Crippen molar-refractivity contribution in [2.45, 2.75) is 33.2 Å². The molecular formula is C18H23N3O4W2. The zero-order valence-corrected chi connectivity index (χ0v) is 21.3. The second-order valence-electron chi connectivity index (χ2n) is 6.35. The van der Waals surface area contributed by atoms with Crippen LogP contribution >= 0.6 is 0 Å². The number of rotatable bonds is 9. The molecule has 0 saturated carbocycles. The maximum atomic E-state index is 12.6. The third-order valence-corrected chi connectivity index (χ3v) is 6.28. The number of carboxylic acids is 1. The SMILES string of the molecule is C=NC=C(C=C[C](=[W])N1CC(C(=O)NC(C)CC(=O)O)C(C)C1=O)[C](C)=[W]. The predicted octanol–water partition coefficient (Wildman–Crippen LogP) is 0.617. The molecule has 7 nitrogen and oxygen atoms in total. The average molecular weight is 713 g/mol. The number of carbonyl (C=O) groups excluding carboxylic acids is 2. The van der Waals surface area contributed by atoms with Crippen LogP contribution in [-0.4, -0.2) is 55.0 Å². The van der Waals surface area contributed by atoms with Gasteiger partial charge >= 0.3 is 181 Å². The first-order valence-electron chi connectivity index (χ1n) is 8.31. The Kier molecular flexibility index (Phi) is 9.55. The van der Waals surface area contributed by atoms with E-state index in [0.29, 0.717) is 6.54 Å². The van der Waals surface area contributed by atoms with Gasteiger partial charge in [-0.15, -0.1) is 0 Å². The average Bonchev–Trinajstić information content (AvgIpc) is 2.86. The van der Waals surface area contributed by atoms with E-state index in [9.17, 15) is 14.4 Å². The van der Waals surface area contributed by atoms with Crippen molar-refractivity contribution in [1.29, 1.82) is 0 Å². The number of nitrogens with zero attached hydrogens (tertiary/aromatic N) is 2. The van der Waals surface area contributed by atoms with Crippen LogP contribution in [0.25, 0.3) is 0 Å². The van der Waals surface area contributed by atoms with Crippen LogP contribution in [0.1, 0.15) is 27.2 Å². The summed E-state index contributed by atoms with van der Waals surface area (Å²) in [4.78, 5) is 41.3. The first-order chi connectivity index (χ1) is 12.6. The fraction of sp³-hybridized carbons (Fsp3) is 0.444. The van der Waals surface area contributed by atoms with Crippen LogP contribution in [0.2, 0.25) is 0 Å². The van der Waals surface area contributed by atoms with Gasteiger partial charge < -0.3 is 0 Å². The van der Waals surface area contributed by atoms with E-state index in [1.807, 2.05) is 19.1 Å². The molecule has 1 aliphatic heterocycles. The number of allylic oxidation sites excluding steroid dienone is 2. The van der Waals surface area contributed by atoms with E-state index in [-0.39, 0.29) is 18.2 Å². The van der Waals surface area contributed by atoms with Crippen molar-refractivity contribution < 1.29 is 58.2 Å². The van der Waals surface area contributed by atoms with Crippen molar-refractivity contribution in [3.8, 4) is 0 Å². The molecule has 1 aliphatic rings. The molecule has 146 valence electrons. The van der Waals surface area contributed by atoms with Crippen molar-refractivity contribution in [2.24, 2.45) is 16.8 Å². The summed E-state index contributed by atoms with van der Waals surface area (Å²) in [6, 6.07) is -0.480. The third-order valence-electron chi connectivity index (χ3n) is 4.15. The standard InChI is InChI=1S/C18H23N3O4.2W/c1-5-14(10-19-4)7-6-8-21-11-15(13(3)18(21)25)17(24)20-12(2)9-16(22)23;;/h6-7,10,12-13,15H,4,9,11H2,1-3H3,(H,20,24)(H,22,23);;. The minimum atomic E-state index is -0.972. The fourth-order valence-corrected chi connectivity index (χ4v) is 3.90. The zero-order valence-electron chi connectivity index (χ0n) is 15.5. The number of nitrogens with one attached hydrogen (secondary N) is 1. The molecule has 1 fully saturated rings. The van der Waals surface area contributed by atoms with Crippen molar-refractivity contribution in [3.63, 3.8) is 0 Å². The van der Waals surface area contributed by atoms with Crippen molar-refractivity contribution in [2.75, 3.05) is 6.54 Å². The van der Waals surface area contributed by atoms with Crippen LogP contribution in [0.4, 0.5) is 0 Å². The van der Waals surface area contributed by atoms with Gasteiger partial charge in [0.05, 0.1) is 0 Å². The van der Waals surface area contributed by atoms with E-state index in [1.54, 1.807) is 24.9 Å². The molecule has 0 aliphatic carbocycles. The van der Waals surface area contributed by atoms with E-state index in [0.717, 1.165) is 32.8 Å². The van der Waals surface area contributed by atoms with E-state index in [2.05, 4.69) is 17.0 Å². The Labute approximate surface area is 180 Å². The maximum absolute atomic E-state index is 12.6. The number of carboxylic acid groups (broad SMARTS) is 1. The number of hydrogen-bond donors (Lipinski definition) is 2. The fourth-order valence-electron chi connectivity index (χ4n) is 2.63. The van der Waals surface area contributed by atoms with E-state index >= 15 is 0 Å². The van der Waals surface area contributed by atoms with Gasteiger partial charge in [0.1, 0.15) is 0 Å². The quantitative estimate of drug-likeness (QED) is 0.271. The number of aliphatic carboxylic acids is 1. The van der Waals surface area contributed by atoms with Crippen molar-refractivity contribution in [3.05, 3.63) is 23.9 Å². The van der Waals surface area contributed by atoms with Crippen LogP contribution in [-0.2, 0) is 53.1 Å². The Bertz CT molecular complexity index is 730. The molecular weight excluding hydrogens is 690 g/mol.